The Labute approximate surface area is 238 Å². The molecule has 1 N–H and O–H groups in total. The molecule has 0 fully saturated rings. The fourth-order valence-corrected chi connectivity index (χ4v) is 4.03. The number of amides is 1. The zero-order chi connectivity index (χ0) is 29.9. The van der Waals surface area contributed by atoms with Crippen LogP contribution in [0.25, 0.3) is 11.0 Å². The van der Waals surface area contributed by atoms with Crippen LogP contribution in [-0.2, 0) is 11.0 Å². The average molecular weight is 576 g/mol. The van der Waals surface area contributed by atoms with Gasteiger partial charge in [0, 0.05) is 11.8 Å². The number of anilines is 1. The van der Waals surface area contributed by atoms with Gasteiger partial charge < -0.3 is 23.9 Å². The maximum atomic E-state index is 13.9. The highest BCUT2D eigenvalue weighted by atomic mass is 19.4. The van der Waals surface area contributed by atoms with Crippen molar-refractivity contribution in [3.05, 3.63) is 118 Å². The Balaban J connectivity index is 1.30. The first-order valence-corrected chi connectivity index (χ1v) is 12.8. The van der Waals surface area contributed by atoms with Gasteiger partial charge in [0.05, 0.1) is 5.39 Å². The van der Waals surface area contributed by atoms with E-state index >= 15 is 0 Å². The molecule has 1 amide bonds. The second kappa shape index (κ2) is 11.7. The van der Waals surface area contributed by atoms with Crippen LogP contribution in [0, 0.1) is 13.8 Å². The van der Waals surface area contributed by atoms with E-state index in [-0.39, 0.29) is 22.5 Å². The number of aryl methyl sites for hydroxylation is 2. The molecular weight excluding hydrogens is 551 g/mol. The lowest BCUT2D eigenvalue weighted by Gasteiger charge is -2.15. The molecular formula is C32H24F3NO6. The van der Waals surface area contributed by atoms with Crippen LogP contribution in [0.15, 0.2) is 100 Å². The van der Waals surface area contributed by atoms with Crippen molar-refractivity contribution in [3.8, 4) is 28.7 Å². The predicted octanol–water partition coefficient (Wildman–Crippen LogP) is 8.03. The van der Waals surface area contributed by atoms with Gasteiger partial charge in [0.2, 0.25) is 11.2 Å². The second-order valence-electron chi connectivity index (χ2n) is 9.39. The zero-order valence-corrected chi connectivity index (χ0v) is 22.5. The van der Waals surface area contributed by atoms with E-state index in [0.717, 1.165) is 11.6 Å². The maximum absolute atomic E-state index is 13.9. The third kappa shape index (κ3) is 6.55. The first-order chi connectivity index (χ1) is 20.1. The molecule has 0 bridgehead atoms. The third-order valence-corrected chi connectivity index (χ3v) is 6.12. The smallest absolute Gasteiger partial charge is 0.453 e. The Morgan fingerprint density at radius 1 is 0.833 bits per heavy atom. The van der Waals surface area contributed by atoms with Gasteiger partial charge in [-0.25, -0.2) is 0 Å². The summed E-state index contributed by atoms with van der Waals surface area (Å²) in [5, 5.41) is 2.52. The van der Waals surface area contributed by atoms with Gasteiger partial charge in [-0.05, 0) is 79.6 Å². The first-order valence-electron chi connectivity index (χ1n) is 12.8. The number of alkyl halides is 3. The lowest BCUT2D eigenvalue weighted by atomic mass is 10.1. The number of halogens is 3. The molecule has 5 rings (SSSR count). The monoisotopic (exact) mass is 575 g/mol. The minimum Gasteiger partial charge on any atom is -0.484 e. The van der Waals surface area contributed by atoms with Gasteiger partial charge in [-0.2, -0.15) is 13.2 Å². The number of carbonyl (C=O) groups is 1. The summed E-state index contributed by atoms with van der Waals surface area (Å²) in [5.74, 6) is -1.66. The van der Waals surface area contributed by atoms with Crippen molar-refractivity contribution in [2.75, 3.05) is 11.9 Å². The summed E-state index contributed by atoms with van der Waals surface area (Å²) < 4.78 is 63.6. The van der Waals surface area contributed by atoms with E-state index in [0.29, 0.717) is 22.7 Å². The highest BCUT2D eigenvalue weighted by Crippen LogP contribution is 2.39. The molecule has 7 nitrogen and oxygen atoms in total. The Bertz CT molecular complexity index is 1800. The number of rotatable bonds is 8. The molecule has 0 aliphatic heterocycles. The number of ether oxygens (including phenoxy) is 3. The highest BCUT2D eigenvalue weighted by Gasteiger charge is 2.40. The van der Waals surface area contributed by atoms with Crippen molar-refractivity contribution in [2.24, 2.45) is 0 Å². The van der Waals surface area contributed by atoms with Crippen molar-refractivity contribution < 1.29 is 36.6 Å². The number of carbonyl (C=O) groups excluding carboxylic acids is 1. The second-order valence-corrected chi connectivity index (χ2v) is 9.39. The summed E-state index contributed by atoms with van der Waals surface area (Å²) in [6, 6.07) is 24.6. The van der Waals surface area contributed by atoms with Crippen LogP contribution in [0.4, 0.5) is 18.9 Å². The minimum atomic E-state index is -5.02. The number of hydrogen-bond donors (Lipinski definition) is 1. The van der Waals surface area contributed by atoms with Crippen LogP contribution in [0.5, 0.6) is 28.7 Å². The molecule has 1 aromatic heterocycles. The third-order valence-electron chi connectivity index (χ3n) is 6.12. The fourth-order valence-electron chi connectivity index (χ4n) is 4.03. The van der Waals surface area contributed by atoms with Crippen molar-refractivity contribution in [3.63, 3.8) is 0 Å². The van der Waals surface area contributed by atoms with E-state index in [9.17, 15) is 22.8 Å². The summed E-state index contributed by atoms with van der Waals surface area (Å²) in [5.41, 5.74) is 0.418. The van der Waals surface area contributed by atoms with Crippen LogP contribution in [0.1, 0.15) is 16.9 Å². The van der Waals surface area contributed by atoms with Gasteiger partial charge in [0.15, 0.2) is 6.61 Å². The predicted molar refractivity (Wildman–Crippen MR) is 151 cm³/mol. The van der Waals surface area contributed by atoms with Gasteiger partial charge in [-0.1, -0.05) is 30.3 Å². The summed E-state index contributed by atoms with van der Waals surface area (Å²) in [6.07, 6.45) is -5.02. The van der Waals surface area contributed by atoms with Gasteiger partial charge in [0.1, 0.15) is 28.6 Å². The molecule has 0 atom stereocenters. The summed E-state index contributed by atoms with van der Waals surface area (Å²) in [4.78, 5) is 25.5. The van der Waals surface area contributed by atoms with Crippen LogP contribution in [-0.4, -0.2) is 12.5 Å². The molecule has 4 aromatic carbocycles. The van der Waals surface area contributed by atoms with Gasteiger partial charge in [0.25, 0.3) is 11.7 Å². The number of fused-ring (bicyclic) bond motifs is 1. The number of nitrogens with one attached hydrogen (secondary N) is 1. The highest BCUT2D eigenvalue weighted by molar-refractivity contribution is 5.92. The molecule has 0 unspecified atom stereocenters. The molecule has 0 saturated carbocycles. The van der Waals surface area contributed by atoms with Gasteiger partial charge >= 0.3 is 6.18 Å². The molecule has 0 spiro atoms. The van der Waals surface area contributed by atoms with Gasteiger partial charge in [-0.3, -0.25) is 9.59 Å². The van der Waals surface area contributed by atoms with Crippen molar-refractivity contribution in [1.29, 1.82) is 0 Å². The van der Waals surface area contributed by atoms with Crippen LogP contribution < -0.4 is 25.0 Å². The normalized spacial score (nSPS) is 11.3. The lowest BCUT2D eigenvalue weighted by molar-refractivity contribution is -0.154. The SMILES string of the molecule is Cc1ccc(C)c(Oc2c(C(F)(F)F)oc3cc(OCC(=O)Nc4ccc(Oc5ccccc5)cc4)ccc3c2=O)c1. The molecule has 42 heavy (non-hydrogen) atoms. The number of benzene rings is 4. The standard InChI is InChI=1S/C32H24F3NO6/c1-19-8-9-20(2)26(16-19)41-30-29(38)25-15-14-24(17-27(25)42-31(30)32(33,34)35)39-18-28(37)36-21-10-12-23(13-11-21)40-22-6-4-3-5-7-22/h3-17H,18H2,1-2H3,(H,36,37). The Hall–Kier alpha value is -5.25. The summed E-state index contributed by atoms with van der Waals surface area (Å²) in [7, 11) is 0. The molecule has 1 heterocycles. The fraction of sp³-hybridized carbons (Fsp3) is 0.125. The van der Waals surface area contributed by atoms with E-state index in [2.05, 4.69) is 5.32 Å². The minimum absolute atomic E-state index is 0.0312. The van der Waals surface area contributed by atoms with Crippen LogP contribution in [0.3, 0.4) is 0 Å². The van der Waals surface area contributed by atoms with E-state index in [1.54, 1.807) is 50.2 Å². The quantitative estimate of drug-likeness (QED) is 0.202. The van der Waals surface area contributed by atoms with Crippen molar-refractivity contribution in [2.45, 2.75) is 20.0 Å². The van der Waals surface area contributed by atoms with E-state index in [4.69, 9.17) is 18.6 Å². The van der Waals surface area contributed by atoms with E-state index in [1.807, 2.05) is 30.3 Å². The maximum Gasteiger partial charge on any atom is 0.453 e. The number of para-hydroxylation sites is 1. The molecule has 0 aliphatic rings. The Kier molecular flexibility index (Phi) is 7.88. The Morgan fingerprint density at radius 2 is 1.52 bits per heavy atom. The van der Waals surface area contributed by atoms with E-state index < -0.39 is 35.6 Å². The summed E-state index contributed by atoms with van der Waals surface area (Å²) >= 11 is 0. The summed E-state index contributed by atoms with van der Waals surface area (Å²) in [6.45, 7) is 2.96. The number of hydrogen-bond acceptors (Lipinski definition) is 6. The lowest BCUT2D eigenvalue weighted by Crippen LogP contribution is -2.20. The van der Waals surface area contributed by atoms with Crippen LogP contribution >= 0.6 is 0 Å². The van der Waals surface area contributed by atoms with Crippen LogP contribution in [0.2, 0.25) is 0 Å². The molecule has 0 aliphatic carbocycles. The molecule has 5 aromatic rings. The van der Waals surface area contributed by atoms with E-state index in [1.165, 1.54) is 18.2 Å². The zero-order valence-electron chi connectivity index (χ0n) is 22.5. The average Bonchev–Trinajstić information content (AvgIpc) is 2.96. The van der Waals surface area contributed by atoms with Crippen molar-refractivity contribution >= 4 is 22.6 Å². The molecule has 10 heteroatoms. The molecule has 214 valence electrons. The first kappa shape index (κ1) is 28.3. The largest absolute Gasteiger partial charge is 0.484 e. The van der Waals surface area contributed by atoms with Gasteiger partial charge in [-0.15, -0.1) is 0 Å². The van der Waals surface area contributed by atoms with Crippen molar-refractivity contribution in [1.82, 2.24) is 0 Å². The topological polar surface area (TPSA) is 87.0 Å². The molecule has 0 radical (unpaired) electrons. The Morgan fingerprint density at radius 3 is 2.24 bits per heavy atom. The molecule has 0 saturated heterocycles.